The fourth-order valence-corrected chi connectivity index (χ4v) is 1.29. The SMILES string of the molecule is COC(=O)c1nc(C)cc(NCC(OC)OC)n1. The highest BCUT2D eigenvalue weighted by Crippen LogP contribution is 2.07. The molecule has 0 saturated heterocycles. The second-order valence-electron chi connectivity index (χ2n) is 3.49. The highest BCUT2D eigenvalue weighted by atomic mass is 16.7. The Bertz CT molecular complexity index is 407. The predicted octanol–water partition coefficient (Wildman–Crippen LogP) is 0.602. The van der Waals surface area contributed by atoms with E-state index < -0.39 is 5.97 Å². The maximum absolute atomic E-state index is 11.3. The van der Waals surface area contributed by atoms with E-state index in [9.17, 15) is 4.79 Å². The molecule has 0 unspecified atom stereocenters. The highest BCUT2D eigenvalue weighted by molar-refractivity contribution is 5.85. The summed E-state index contributed by atoms with van der Waals surface area (Å²) in [6, 6.07) is 1.72. The zero-order valence-corrected chi connectivity index (χ0v) is 10.9. The number of aryl methyl sites for hydroxylation is 1. The minimum absolute atomic E-state index is 0.0198. The van der Waals surface area contributed by atoms with Crippen LogP contribution in [0.5, 0.6) is 0 Å². The maximum Gasteiger partial charge on any atom is 0.376 e. The average molecular weight is 255 g/mol. The van der Waals surface area contributed by atoms with Gasteiger partial charge in [0.2, 0.25) is 5.82 Å². The molecule has 1 aromatic rings. The van der Waals surface area contributed by atoms with Gasteiger partial charge in [-0.25, -0.2) is 14.8 Å². The molecule has 7 nitrogen and oxygen atoms in total. The molecule has 0 bridgehead atoms. The van der Waals surface area contributed by atoms with Crippen LogP contribution in [0.2, 0.25) is 0 Å². The van der Waals surface area contributed by atoms with E-state index in [1.54, 1.807) is 27.2 Å². The number of hydrogen-bond donors (Lipinski definition) is 1. The smallest absolute Gasteiger partial charge is 0.376 e. The topological polar surface area (TPSA) is 82.6 Å². The highest BCUT2D eigenvalue weighted by Gasteiger charge is 2.12. The molecule has 0 radical (unpaired) electrons. The minimum atomic E-state index is -0.572. The van der Waals surface area contributed by atoms with Gasteiger partial charge in [-0.1, -0.05) is 0 Å². The van der Waals surface area contributed by atoms with Crippen molar-refractivity contribution in [2.75, 3.05) is 33.2 Å². The fraction of sp³-hybridized carbons (Fsp3) is 0.545. The van der Waals surface area contributed by atoms with Crippen LogP contribution in [0.1, 0.15) is 16.3 Å². The summed E-state index contributed by atoms with van der Waals surface area (Å²) in [5.74, 6) is -0.0369. The summed E-state index contributed by atoms with van der Waals surface area (Å²) in [5.41, 5.74) is 0.666. The number of esters is 1. The molecule has 0 spiro atoms. The molecule has 100 valence electrons. The second kappa shape index (κ2) is 6.87. The van der Waals surface area contributed by atoms with Crippen molar-refractivity contribution in [2.24, 2.45) is 0 Å². The van der Waals surface area contributed by atoms with Gasteiger partial charge in [0.25, 0.3) is 0 Å². The summed E-state index contributed by atoms with van der Waals surface area (Å²) in [6.07, 6.45) is -0.387. The summed E-state index contributed by atoms with van der Waals surface area (Å²) in [6.45, 7) is 2.17. The van der Waals surface area contributed by atoms with E-state index >= 15 is 0 Å². The van der Waals surface area contributed by atoms with Gasteiger partial charge in [-0.3, -0.25) is 0 Å². The van der Waals surface area contributed by atoms with Crippen LogP contribution in [-0.4, -0.2) is 50.1 Å². The molecule has 0 amide bonds. The van der Waals surface area contributed by atoms with E-state index in [0.717, 1.165) is 0 Å². The lowest BCUT2D eigenvalue weighted by Gasteiger charge is -2.14. The van der Waals surface area contributed by atoms with Gasteiger partial charge >= 0.3 is 5.97 Å². The van der Waals surface area contributed by atoms with Crippen LogP contribution < -0.4 is 5.32 Å². The first-order valence-electron chi connectivity index (χ1n) is 5.34. The van der Waals surface area contributed by atoms with Gasteiger partial charge < -0.3 is 19.5 Å². The third kappa shape index (κ3) is 3.94. The number of methoxy groups -OCH3 is 3. The van der Waals surface area contributed by atoms with Crippen molar-refractivity contribution < 1.29 is 19.0 Å². The van der Waals surface area contributed by atoms with Crippen molar-refractivity contribution in [3.8, 4) is 0 Å². The van der Waals surface area contributed by atoms with Gasteiger partial charge in [-0.2, -0.15) is 0 Å². The van der Waals surface area contributed by atoms with Crippen LogP contribution >= 0.6 is 0 Å². The molecule has 0 fully saturated rings. The molecule has 0 saturated carbocycles. The number of anilines is 1. The van der Waals surface area contributed by atoms with Crippen LogP contribution in [0.3, 0.4) is 0 Å². The second-order valence-corrected chi connectivity index (χ2v) is 3.49. The van der Waals surface area contributed by atoms with Crippen molar-refractivity contribution in [3.05, 3.63) is 17.6 Å². The molecule has 1 rings (SSSR count). The number of rotatable bonds is 6. The minimum Gasteiger partial charge on any atom is -0.463 e. The first-order chi connectivity index (χ1) is 8.60. The largest absolute Gasteiger partial charge is 0.463 e. The molecule has 7 heteroatoms. The van der Waals surface area contributed by atoms with Crippen LogP contribution in [-0.2, 0) is 14.2 Å². The quantitative estimate of drug-likeness (QED) is 0.588. The summed E-state index contributed by atoms with van der Waals surface area (Å²) < 4.78 is 14.6. The fourth-order valence-electron chi connectivity index (χ4n) is 1.29. The van der Waals surface area contributed by atoms with Crippen molar-refractivity contribution in [1.82, 2.24) is 9.97 Å². The molecule has 1 heterocycles. The average Bonchev–Trinajstić information content (AvgIpc) is 2.38. The van der Waals surface area contributed by atoms with Gasteiger partial charge in [0.1, 0.15) is 5.82 Å². The van der Waals surface area contributed by atoms with Gasteiger partial charge in [-0.15, -0.1) is 0 Å². The molecule has 0 aliphatic carbocycles. The summed E-state index contributed by atoms with van der Waals surface area (Å²) >= 11 is 0. The van der Waals surface area contributed by atoms with Crippen molar-refractivity contribution in [1.29, 1.82) is 0 Å². The molecular weight excluding hydrogens is 238 g/mol. The zero-order chi connectivity index (χ0) is 13.5. The Morgan fingerprint density at radius 2 is 2.00 bits per heavy atom. The Balaban J connectivity index is 2.77. The molecule has 0 aliphatic heterocycles. The summed E-state index contributed by atoms with van der Waals surface area (Å²) in [7, 11) is 4.37. The van der Waals surface area contributed by atoms with Gasteiger partial charge in [0.15, 0.2) is 6.29 Å². The third-order valence-corrected chi connectivity index (χ3v) is 2.20. The predicted molar refractivity (Wildman–Crippen MR) is 64.4 cm³/mol. The number of hydrogen-bond acceptors (Lipinski definition) is 7. The van der Waals surface area contributed by atoms with Crippen molar-refractivity contribution in [3.63, 3.8) is 0 Å². The first-order valence-corrected chi connectivity index (χ1v) is 5.34. The van der Waals surface area contributed by atoms with E-state index in [-0.39, 0.29) is 12.1 Å². The van der Waals surface area contributed by atoms with Gasteiger partial charge in [0, 0.05) is 26.0 Å². The van der Waals surface area contributed by atoms with E-state index in [1.807, 2.05) is 0 Å². The number of aromatic nitrogens is 2. The molecular formula is C11H17N3O4. The monoisotopic (exact) mass is 255 g/mol. The van der Waals surface area contributed by atoms with E-state index in [0.29, 0.717) is 18.1 Å². The normalized spacial score (nSPS) is 10.5. The van der Waals surface area contributed by atoms with Crippen LogP contribution in [0.15, 0.2) is 6.07 Å². The van der Waals surface area contributed by atoms with E-state index in [2.05, 4.69) is 20.0 Å². The standard InChI is InChI=1S/C11H17N3O4/c1-7-5-8(12-6-9(16-2)17-3)14-10(13-7)11(15)18-4/h5,9H,6H2,1-4H3,(H,12,13,14). The van der Waals surface area contributed by atoms with E-state index in [1.165, 1.54) is 7.11 Å². The number of nitrogens with one attached hydrogen (secondary N) is 1. The lowest BCUT2D eigenvalue weighted by atomic mass is 10.4. The molecule has 1 aromatic heterocycles. The Labute approximate surface area is 105 Å². The molecule has 18 heavy (non-hydrogen) atoms. The third-order valence-electron chi connectivity index (χ3n) is 2.20. The van der Waals surface area contributed by atoms with Gasteiger partial charge in [-0.05, 0) is 6.92 Å². The summed E-state index contributed by atoms with van der Waals surface area (Å²) in [5, 5.41) is 3.00. The molecule has 0 atom stereocenters. The first kappa shape index (κ1) is 14.3. The maximum atomic E-state index is 11.3. The number of carbonyl (C=O) groups is 1. The lowest BCUT2D eigenvalue weighted by molar-refractivity contribution is -0.0914. The Kier molecular flexibility index (Phi) is 5.47. The molecule has 1 N–H and O–H groups in total. The Morgan fingerprint density at radius 1 is 1.33 bits per heavy atom. The molecule has 0 aliphatic rings. The number of ether oxygens (including phenoxy) is 3. The number of nitrogens with zero attached hydrogens (tertiary/aromatic N) is 2. The van der Waals surface area contributed by atoms with E-state index in [4.69, 9.17) is 9.47 Å². The molecule has 0 aromatic carbocycles. The Hall–Kier alpha value is -1.73. The van der Waals surface area contributed by atoms with Crippen LogP contribution in [0.4, 0.5) is 5.82 Å². The van der Waals surface area contributed by atoms with Crippen molar-refractivity contribution >= 4 is 11.8 Å². The lowest BCUT2D eigenvalue weighted by Crippen LogP contribution is -2.24. The number of carbonyl (C=O) groups excluding carboxylic acids is 1. The zero-order valence-electron chi connectivity index (χ0n) is 10.9. The van der Waals surface area contributed by atoms with Crippen LogP contribution in [0.25, 0.3) is 0 Å². The van der Waals surface area contributed by atoms with Crippen LogP contribution in [0, 0.1) is 6.92 Å². The summed E-state index contributed by atoms with van der Waals surface area (Å²) in [4.78, 5) is 19.4. The Morgan fingerprint density at radius 3 is 2.56 bits per heavy atom. The van der Waals surface area contributed by atoms with Gasteiger partial charge in [0.05, 0.1) is 13.7 Å². The van der Waals surface area contributed by atoms with Crippen molar-refractivity contribution in [2.45, 2.75) is 13.2 Å².